The van der Waals surface area contributed by atoms with E-state index in [-0.39, 0.29) is 16.8 Å². The normalized spacial score (nSPS) is 13.9. The molecule has 0 radical (unpaired) electrons. The quantitative estimate of drug-likeness (QED) is 0.927. The topological polar surface area (TPSA) is 66.5 Å². The molecule has 1 amide bonds. The number of para-hydroxylation sites is 1. The van der Waals surface area contributed by atoms with Crippen LogP contribution in [0.1, 0.15) is 29.8 Å². The molecule has 6 heteroatoms. The summed E-state index contributed by atoms with van der Waals surface area (Å²) in [5.74, 6) is -0.274. The van der Waals surface area contributed by atoms with Crippen molar-refractivity contribution in [1.82, 2.24) is 5.32 Å². The first-order valence-electron chi connectivity index (χ1n) is 7.91. The first kappa shape index (κ1) is 16.5. The van der Waals surface area contributed by atoms with Crippen molar-refractivity contribution in [2.75, 3.05) is 10.8 Å². The van der Waals surface area contributed by atoms with Crippen LogP contribution < -0.4 is 9.62 Å². The molecule has 0 aliphatic carbocycles. The summed E-state index contributed by atoms with van der Waals surface area (Å²) in [5.41, 5.74) is 2.08. The van der Waals surface area contributed by atoms with Gasteiger partial charge >= 0.3 is 0 Å². The lowest BCUT2D eigenvalue weighted by molar-refractivity contribution is 0.0943. The summed E-state index contributed by atoms with van der Waals surface area (Å²) in [4.78, 5) is 12.3. The fourth-order valence-corrected chi connectivity index (χ4v) is 4.38. The fraction of sp³-hybridized carbons (Fsp3) is 0.278. The molecule has 0 aromatic heterocycles. The summed E-state index contributed by atoms with van der Waals surface area (Å²) in [5, 5.41) is 2.78. The zero-order chi connectivity index (χ0) is 17.3. The van der Waals surface area contributed by atoms with E-state index in [1.54, 1.807) is 12.1 Å². The van der Waals surface area contributed by atoms with Crippen LogP contribution in [0.3, 0.4) is 0 Å². The summed E-state index contributed by atoms with van der Waals surface area (Å²) in [6.07, 6.45) is 0.697. The molecule has 0 fully saturated rings. The number of sulfonamides is 1. The lowest BCUT2D eigenvalue weighted by Crippen LogP contribution is -2.31. The standard InChI is InChI=1S/C18H20N2O3S/c1-13(2)19-18(21)15-7-5-8-16(12-15)24(22,23)20-11-10-14-6-3-4-9-17(14)20/h3-9,12-13H,10-11H2,1-2H3,(H,19,21). The number of hydrogen-bond acceptors (Lipinski definition) is 3. The van der Waals surface area contributed by atoms with E-state index in [1.807, 2.05) is 38.1 Å². The van der Waals surface area contributed by atoms with Crippen molar-refractivity contribution >= 4 is 21.6 Å². The van der Waals surface area contributed by atoms with Gasteiger partial charge < -0.3 is 5.32 Å². The number of rotatable bonds is 4. The van der Waals surface area contributed by atoms with Gasteiger partial charge in [-0.05, 0) is 50.1 Å². The van der Waals surface area contributed by atoms with Gasteiger partial charge in [-0.2, -0.15) is 0 Å². The summed E-state index contributed by atoms with van der Waals surface area (Å²) < 4.78 is 27.4. The van der Waals surface area contributed by atoms with E-state index < -0.39 is 10.0 Å². The summed E-state index contributed by atoms with van der Waals surface area (Å²) >= 11 is 0. The third-order valence-electron chi connectivity index (χ3n) is 3.95. The smallest absolute Gasteiger partial charge is 0.264 e. The van der Waals surface area contributed by atoms with Crippen LogP contribution in [0.4, 0.5) is 5.69 Å². The number of hydrogen-bond donors (Lipinski definition) is 1. The Kier molecular flexibility index (Phi) is 4.32. The van der Waals surface area contributed by atoms with Crippen molar-refractivity contribution < 1.29 is 13.2 Å². The van der Waals surface area contributed by atoms with Crippen LogP contribution in [-0.4, -0.2) is 26.9 Å². The molecule has 2 aromatic carbocycles. The number of benzene rings is 2. The number of fused-ring (bicyclic) bond motifs is 1. The minimum absolute atomic E-state index is 0.0109. The molecular formula is C18H20N2O3S. The average Bonchev–Trinajstić information content (AvgIpc) is 2.99. The highest BCUT2D eigenvalue weighted by Crippen LogP contribution is 2.32. The molecule has 126 valence electrons. The average molecular weight is 344 g/mol. The van der Waals surface area contributed by atoms with Gasteiger partial charge in [0.2, 0.25) is 0 Å². The predicted molar refractivity (Wildman–Crippen MR) is 93.7 cm³/mol. The molecule has 2 aromatic rings. The Morgan fingerprint density at radius 2 is 1.88 bits per heavy atom. The summed E-state index contributed by atoms with van der Waals surface area (Å²) in [6, 6.07) is 13.7. The highest BCUT2D eigenvalue weighted by Gasteiger charge is 2.30. The molecule has 1 aliphatic heterocycles. The minimum Gasteiger partial charge on any atom is -0.350 e. The van der Waals surface area contributed by atoms with Gasteiger partial charge in [0.15, 0.2) is 0 Å². The first-order valence-corrected chi connectivity index (χ1v) is 9.35. The molecule has 24 heavy (non-hydrogen) atoms. The van der Waals surface area contributed by atoms with Crippen LogP contribution in [0.25, 0.3) is 0 Å². The van der Waals surface area contributed by atoms with E-state index >= 15 is 0 Å². The molecule has 1 aliphatic rings. The summed E-state index contributed by atoms with van der Waals surface area (Å²) in [6.45, 7) is 4.14. The molecule has 0 bridgehead atoms. The molecule has 0 atom stereocenters. The van der Waals surface area contributed by atoms with E-state index in [1.165, 1.54) is 16.4 Å². The lowest BCUT2D eigenvalue weighted by atomic mass is 10.2. The predicted octanol–water partition coefficient (Wildman–Crippen LogP) is 2.58. The second kappa shape index (κ2) is 6.28. The van der Waals surface area contributed by atoms with E-state index in [0.717, 1.165) is 11.3 Å². The zero-order valence-corrected chi connectivity index (χ0v) is 14.5. The lowest BCUT2D eigenvalue weighted by Gasteiger charge is -2.20. The van der Waals surface area contributed by atoms with E-state index in [4.69, 9.17) is 0 Å². The summed E-state index contributed by atoms with van der Waals surface area (Å²) in [7, 11) is -3.68. The monoisotopic (exact) mass is 344 g/mol. The van der Waals surface area contributed by atoms with Gasteiger partial charge in [-0.3, -0.25) is 9.10 Å². The van der Waals surface area contributed by atoms with E-state index in [0.29, 0.717) is 18.5 Å². The van der Waals surface area contributed by atoms with Crippen LogP contribution in [0.2, 0.25) is 0 Å². The second-order valence-corrected chi connectivity index (χ2v) is 7.97. The Morgan fingerprint density at radius 1 is 1.12 bits per heavy atom. The number of anilines is 1. The third kappa shape index (κ3) is 3.01. The second-order valence-electron chi connectivity index (χ2n) is 6.11. The van der Waals surface area contributed by atoms with Crippen molar-refractivity contribution in [2.24, 2.45) is 0 Å². The fourth-order valence-electron chi connectivity index (χ4n) is 2.83. The molecule has 1 N–H and O–H groups in total. The van der Waals surface area contributed by atoms with Crippen LogP contribution in [0.15, 0.2) is 53.4 Å². The molecule has 0 saturated heterocycles. The molecule has 0 spiro atoms. The van der Waals surface area contributed by atoms with Crippen LogP contribution in [0, 0.1) is 0 Å². The van der Waals surface area contributed by atoms with Gasteiger partial charge in [-0.1, -0.05) is 24.3 Å². The van der Waals surface area contributed by atoms with Gasteiger partial charge in [0.25, 0.3) is 15.9 Å². The molecule has 5 nitrogen and oxygen atoms in total. The number of amides is 1. The number of carbonyl (C=O) groups is 1. The van der Waals surface area contributed by atoms with Gasteiger partial charge in [0.05, 0.1) is 10.6 Å². The zero-order valence-electron chi connectivity index (χ0n) is 13.7. The molecule has 3 rings (SSSR count). The molecule has 1 heterocycles. The van der Waals surface area contributed by atoms with Crippen LogP contribution >= 0.6 is 0 Å². The van der Waals surface area contributed by atoms with Crippen molar-refractivity contribution in [1.29, 1.82) is 0 Å². The Hall–Kier alpha value is -2.34. The SMILES string of the molecule is CC(C)NC(=O)c1cccc(S(=O)(=O)N2CCc3ccccc32)c1. The molecular weight excluding hydrogens is 324 g/mol. The van der Waals surface area contributed by atoms with Gasteiger partial charge in [-0.15, -0.1) is 0 Å². The number of nitrogens with one attached hydrogen (secondary N) is 1. The number of carbonyl (C=O) groups excluding carboxylic acids is 1. The molecule has 0 unspecified atom stereocenters. The van der Waals surface area contributed by atoms with Crippen LogP contribution in [-0.2, 0) is 16.4 Å². The van der Waals surface area contributed by atoms with Crippen molar-refractivity contribution in [3.63, 3.8) is 0 Å². The van der Waals surface area contributed by atoms with E-state index in [9.17, 15) is 13.2 Å². The van der Waals surface area contributed by atoms with Crippen LogP contribution in [0.5, 0.6) is 0 Å². The van der Waals surface area contributed by atoms with Crippen molar-refractivity contribution in [3.8, 4) is 0 Å². The minimum atomic E-state index is -3.68. The third-order valence-corrected chi connectivity index (χ3v) is 5.76. The Labute approximate surface area is 142 Å². The van der Waals surface area contributed by atoms with Crippen molar-refractivity contribution in [2.45, 2.75) is 31.2 Å². The number of nitrogens with zero attached hydrogens (tertiary/aromatic N) is 1. The highest BCUT2D eigenvalue weighted by molar-refractivity contribution is 7.92. The van der Waals surface area contributed by atoms with Gasteiger partial charge in [0, 0.05) is 18.2 Å². The highest BCUT2D eigenvalue weighted by atomic mass is 32.2. The Bertz CT molecular complexity index is 875. The maximum Gasteiger partial charge on any atom is 0.264 e. The molecule has 0 saturated carbocycles. The van der Waals surface area contributed by atoms with Gasteiger partial charge in [-0.25, -0.2) is 8.42 Å². The Morgan fingerprint density at radius 3 is 2.62 bits per heavy atom. The Balaban J connectivity index is 1.96. The maximum atomic E-state index is 13.0. The van der Waals surface area contributed by atoms with Crippen molar-refractivity contribution in [3.05, 3.63) is 59.7 Å². The maximum absolute atomic E-state index is 13.0. The largest absolute Gasteiger partial charge is 0.350 e. The first-order chi connectivity index (χ1) is 11.4. The van der Waals surface area contributed by atoms with E-state index in [2.05, 4.69) is 5.32 Å². The van der Waals surface area contributed by atoms with Gasteiger partial charge in [0.1, 0.15) is 0 Å².